The molecule has 3 rings (SSSR count). The summed E-state index contributed by atoms with van der Waals surface area (Å²) >= 11 is 1.59. The summed E-state index contributed by atoms with van der Waals surface area (Å²) in [7, 11) is 0. The zero-order chi connectivity index (χ0) is 17.9. The molecule has 1 heterocycles. The van der Waals surface area contributed by atoms with Crippen LogP contribution in [0.1, 0.15) is 36.9 Å². The van der Waals surface area contributed by atoms with E-state index in [9.17, 15) is 0 Å². The van der Waals surface area contributed by atoms with Gasteiger partial charge in [-0.1, -0.05) is 57.2 Å². The second-order valence-electron chi connectivity index (χ2n) is 7.07. The van der Waals surface area contributed by atoms with Crippen LogP contribution in [-0.2, 0) is 18.6 Å². The first-order valence-electron chi connectivity index (χ1n) is 8.43. The first kappa shape index (κ1) is 17.6. The summed E-state index contributed by atoms with van der Waals surface area (Å²) < 4.78 is 6.12. The standard InChI is InChI=1S/C21H24N2OS/c1-21(2,3)16-9-10-19(24-13-15-7-5-4-6-8-15)17(11-16)18-14-25-20(12-22)23-18/h4-11,14H,12-13,22H2,1-3H3. The van der Waals surface area contributed by atoms with Crippen LogP contribution in [0.4, 0.5) is 0 Å². The van der Waals surface area contributed by atoms with Gasteiger partial charge in [-0.25, -0.2) is 4.98 Å². The molecule has 2 aromatic carbocycles. The van der Waals surface area contributed by atoms with Gasteiger partial charge in [-0.15, -0.1) is 11.3 Å². The molecule has 0 aliphatic carbocycles. The predicted molar refractivity (Wildman–Crippen MR) is 105 cm³/mol. The Labute approximate surface area is 153 Å². The Bertz CT molecular complexity index is 835. The lowest BCUT2D eigenvalue weighted by Gasteiger charge is -2.21. The monoisotopic (exact) mass is 352 g/mol. The van der Waals surface area contributed by atoms with Crippen LogP contribution in [0.2, 0.25) is 0 Å². The van der Waals surface area contributed by atoms with E-state index in [0.717, 1.165) is 27.6 Å². The Hall–Kier alpha value is -2.17. The van der Waals surface area contributed by atoms with E-state index in [4.69, 9.17) is 10.5 Å². The minimum absolute atomic E-state index is 0.0689. The Balaban J connectivity index is 1.95. The maximum atomic E-state index is 6.12. The third kappa shape index (κ3) is 4.27. The summed E-state index contributed by atoms with van der Waals surface area (Å²) in [5.74, 6) is 0.853. The van der Waals surface area contributed by atoms with E-state index in [0.29, 0.717) is 13.2 Å². The van der Waals surface area contributed by atoms with E-state index in [1.807, 2.05) is 18.2 Å². The third-order valence-corrected chi connectivity index (χ3v) is 4.96. The average molecular weight is 353 g/mol. The van der Waals surface area contributed by atoms with E-state index in [1.165, 1.54) is 5.56 Å². The Morgan fingerprint density at radius 2 is 1.84 bits per heavy atom. The summed E-state index contributed by atoms with van der Waals surface area (Å²) in [5, 5.41) is 2.99. The lowest BCUT2D eigenvalue weighted by Crippen LogP contribution is -2.11. The molecule has 1 aromatic heterocycles. The maximum Gasteiger partial charge on any atom is 0.129 e. The van der Waals surface area contributed by atoms with Crippen LogP contribution >= 0.6 is 11.3 Å². The number of ether oxygens (including phenoxy) is 1. The highest BCUT2D eigenvalue weighted by Gasteiger charge is 2.18. The van der Waals surface area contributed by atoms with Crippen LogP contribution in [0.25, 0.3) is 11.3 Å². The van der Waals surface area contributed by atoms with Gasteiger partial charge in [-0.2, -0.15) is 0 Å². The molecule has 3 aromatic rings. The molecule has 4 heteroatoms. The molecule has 0 radical (unpaired) electrons. The molecule has 130 valence electrons. The number of aromatic nitrogens is 1. The molecule has 3 nitrogen and oxygen atoms in total. The summed E-state index contributed by atoms with van der Waals surface area (Å²) in [6.07, 6.45) is 0. The molecule has 0 aliphatic heterocycles. The third-order valence-electron chi connectivity index (χ3n) is 4.09. The SMILES string of the molecule is CC(C)(C)c1ccc(OCc2ccccc2)c(-c2csc(CN)n2)c1. The highest BCUT2D eigenvalue weighted by Crippen LogP contribution is 2.35. The van der Waals surface area contributed by atoms with Gasteiger partial charge in [-0.05, 0) is 28.7 Å². The molecule has 0 unspecified atom stereocenters. The van der Waals surface area contributed by atoms with Gasteiger partial charge in [-0.3, -0.25) is 0 Å². The molecule has 0 bridgehead atoms. The molecule has 2 N–H and O–H groups in total. The lowest BCUT2D eigenvalue weighted by molar-refractivity contribution is 0.307. The number of rotatable bonds is 5. The van der Waals surface area contributed by atoms with Crippen LogP contribution in [0, 0.1) is 0 Å². The van der Waals surface area contributed by atoms with Crippen molar-refractivity contribution >= 4 is 11.3 Å². The highest BCUT2D eigenvalue weighted by atomic mass is 32.1. The maximum absolute atomic E-state index is 6.12. The predicted octanol–water partition coefficient (Wildman–Crippen LogP) is 5.15. The van der Waals surface area contributed by atoms with Gasteiger partial charge in [0.2, 0.25) is 0 Å². The molecular formula is C21H24N2OS. The van der Waals surface area contributed by atoms with Crippen molar-refractivity contribution in [3.05, 3.63) is 70.0 Å². The summed E-state index contributed by atoms with van der Waals surface area (Å²) in [4.78, 5) is 4.65. The van der Waals surface area contributed by atoms with Crippen molar-refractivity contribution in [2.45, 2.75) is 39.3 Å². The molecular weight excluding hydrogens is 328 g/mol. The minimum Gasteiger partial charge on any atom is -0.488 e. The number of hydrogen-bond acceptors (Lipinski definition) is 4. The summed E-state index contributed by atoms with van der Waals surface area (Å²) in [6.45, 7) is 7.63. The second-order valence-corrected chi connectivity index (χ2v) is 8.01. The van der Waals surface area contributed by atoms with Crippen LogP contribution < -0.4 is 10.5 Å². The summed E-state index contributed by atoms with van der Waals surface area (Å²) in [6, 6.07) is 16.6. The molecule has 0 atom stereocenters. The number of hydrogen-bond donors (Lipinski definition) is 1. The highest BCUT2D eigenvalue weighted by molar-refractivity contribution is 7.09. The van der Waals surface area contributed by atoms with Gasteiger partial charge < -0.3 is 10.5 Å². The van der Waals surface area contributed by atoms with Crippen LogP contribution in [-0.4, -0.2) is 4.98 Å². The molecule has 0 spiro atoms. The zero-order valence-electron chi connectivity index (χ0n) is 15.0. The average Bonchev–Trinajstić information content (AvgIpc) is 3.09. The van der Waals surface area contributed by atoms with Crippen molar-refractivity contribution in [3.8, 4) is 17.0 Å². The van der Waals surface area contributed by atoms with Gasteiger partial charge in [0.25, 0.3) is 0 Å². The van der Waals surface area contributed by atoms with E-state index in [2.05, 4.69) is 61.5 Å². The van der Waals surface area contributed by atoms with E-state index in [1.54, 1.807) is 11.3 Å². The molecule has 0 saturated carbocycles. The van der Waals surface area contributed by atoms with Crippen molar-refractivity contribution in [1.82, 2.24) is 4.98 Å². The normalized spacial score (nSPS) is 11.5. The van der Waals surface area contributed by atoms with Gasteiger partial charge in [0.1, 0.15) is 17.4 Å². The Kier molecular flexibility index (Phi) is 5.21. The molecule has 0 aliphatic rings. The molecule has 0 amide bonds. The molecule has 0 saturated heterocycles. The van der Waals surface area contributed by atoms with E-state index < -0.39 is 0 Å². The van der Waals surface area contributed by atoms with E-state index >= 15 is 0 Å². The smallest absolute Gasteiger partial charge is 0.129 e. The quantitative estimate of drug-likeness (QED) is 0.691. The largest absolute Gasteiger partial charge is 0.488 e. The van der Waals surface area contributed by atoms with Crippen molar-refractivity contribution in [3.63, 3.8) is 0 Å². The van der Waals surface area contributed by atoms with Crippen molar-refractivity contribution in [1.29, 1.82) is 0 Å². The summed E-state index contributed by atoms with van der Waals surface area (Å²) in [5.41, 5.74) is 10.2. The number of thiazole rings is 1. The second kappa shape index (κ2) is 7.38. The number of benzene rings is 2. The topological polar surface area (TPSA) is 48.1 Å². The number of nitrogens with two attached hydrogens (primary N) is 1. The molecule has 0 fully saturated rings. The van der Waals surface area contributed by atoms with Gasteiger partial charge >= 0.3 is 0 Å². The molecule has 25 heavy (non-hydrogen) atoms. The Morgan fingerprint density at radius 3 is 2.48 bits per heavy atom. The van der Waals surface area contributed by atoms with Gasteiger partial charge in [0, 0.05) is 17.5 Å². The van der Waals surface area contributed by atoms with Crippen molar-refractivity contribution in [2.24, 2.45) is 5.73 Å². The minimum atomic E-state index is 0.0689. The van der Waals surface area contributed by atoms with Crippen LogP contribution in [0.3, 0.4) is 0 Å². The number of nitrogens with zero attached hydrogens (tertiary/aromatic N) is 1. The van der Waals surface area contributed by atoms with Crippen LogP contribution in [0.5, 0.6) is 5.75 Å². The lowest BCUT2D eigenvalue weighted by atomic mass is 9.86. The fraction of sp³-hybridized carbons (Fsp3) is 0.286. The van der Waals surface area contributed by atoms with Crippen molar-refractivity contribution in [2.75, 3.05) is 0 Å². The van der Waals surface area contributed by atoms with Gasteiger partial charge in [0.05, 0.1) is 5.69 Å². The first-order valence-corrected chi connectivity index (χ1v) is 9.31. The fourth-order valence-corrected chi connectivity index (χ4v) is 3.26. The van der Waals surface area contributed by atoms with Crippen LogP contribution in [0.15, 0.2) is 53.9 Å². The first-order chi connectivity index (χ1) is 12.0. The Morgan fingerprint density at radius 1 is 1.08 bits per heavy atom. The van der Waals surface area contributed by atoms with Crippen molar-refractivity contribution < 1.29 is 4.74 Å². The van der Waals surface area contributed by atoms with E-state index in [-0.39, 0.29) is 5.41 Å². The zero-order valence-corrected chi connectivity index (χ0v) is 15.8. The fourth-order valence-electron chi connectivity index (χ4n) is 2.59. The van der Waals surface area contributed by atoms with Gasteiger partial charge in [0.15, 0.2) is 0 Å².